The number of pyridine rings is 1. The van der Waals surface area contributed by atoms with Crippen LogP contribution in [-0.2, 0) is 11.3 Å². The van der Waals surface area contributed by atoms with Crippen molar-refractivity contribution >= 4 is 34.8 Å². The van der Waals surface area contributed by atoms with Crippen LogP contribution in [0.5, 0.6) is 0 Å². The van der Waals surface area contributed by atoms with E-state index in [1.54, 1.807) is 25.1 Å². The second-order valence-electron chi connectivity index (χ2n) is 5.07. The topological polar surface area (TPSA) is 94.2 Å². The highest BCUT2D eigenvalue weighted by Gasteiger charge is 2.14. The predicted molar refractivity (Wildman–Crippen MR) is 90.4 cm³/mol. The lowest BCUT2D eigenvalue weighted by Gasteiger charge is -2.15. The maximum Gasteiger partial charge on any atom is 0.285 e. The van der Waals surface area contributed by atoms with Crippen molar-refractivity contribution in [1.29, 1.82) is 0 Å². The number of nitrogens with zero attached hydrogens (tertiary/aromatic N) is 2. The summed E-state index contributed by atoms with van der Waals surface area (Å²) in [5.74, 6) is -0.462. The number of aromatic nitrogens is 1. The molecule has 1 aromatic heterocycles. The smallest absolute Gasteiger partial charge is 0.285 e. The standard InChI is InChI=1S/C15H13Cl2N3O4/c1-9(10-2-4-12(16)13(17)6-10)18-14(21)8-19-7-11(20(23)24)3-5-15(19)22/h2-7,9H,8H2,1H3,(H,18,21). The van der Waals surface area contributed by atoms with Gasteiger partial charge in [-0.2, -0.15) is 0 Å². The Hall–Kier alpha value is -2.38. The van der Waals surface area contributed by atoms with E-state index in [0.29, 0.717) is 10.0 Å². The molecule has 0 aliphatic rings. The van der Waals surface area contributed by atoms with Gasteiger partial charge in [-0.25, -0.2) is 0 Å². The highest BCUT2D eigenvalue weighted by atomic mass is 35.5. The average Bonchev–Trinajstić information content (AvgIpc) is 2.51. The number of carbonyl (C=O) groups is 1. The van der Waals surface area contributed by atoms with Gasteiger partial charge in [0, 0.05) is 12.1 Å². The molecule has 2 rings (SSSR count). The maximum absolute atomic E-state index is 12.1. The number of carbonyl (C=O) groups excluding carboxylic acids is 1. The van der Waals surface area contributed by atoms with Crippen molar-refractivity contribution in [2.45, 2.75) is 19.5 Å². The summed E-state index contributed by atoms with van der Waals surface area (Å²) in [7, 11) is 0. The van der Waals surface area contributed by atoms with Crippen molar-refractivity contribution in [1.82, 2.24) is 9.88 Å². The van der Waals surface area contributed by atoms with Gasteiger partial charge in [0.25, 0.3) is 11.2 Å². The third kappa shape index (κ3) is 4.33. The van der Waals surface area contributed by atoms with Crippen LogP contribution in [0.4, 0.5) is 5.69 Å². The van der Waals surface area contributed by atoms with Gasteiger partial charge < -0.3 is 5.32 Å². The summed E-state index contributed by atoms with van der Waals surface area (Å²) in [5.41, 5.74) is -0.0259. The molecule has 0 saturated heterocycles. The summed E-state index contributed by atoms with van der Waals surface area (Å²) in [6, 6.07) is 6.74. The van der Waals surface area contributed by atoms with Gasteiger partial charge >= 0.3 is 0 Å². The van der Waals surface area contributed by atoms with Crippen LogP contribution < -0.4 is 10.9 Å². The number of hydrogen-bond donors (Lipinski definition) is 1. The first-order valence-electron chi connectivity index (χ1n) is 6.87. The molecule has 2 aromatic rings. The Kier molecular flexibility index (Phi) is 5.58. The number of hydrogen-bond acceptors (Lipinski definition) is 4. The molecular formula is C15H13Cl2N3O4. The Morgan fingerprint density at radius 2 is 2.00 bits per heavy atom. The van der Waals surface area contributed by atoms with Crippen LogP contribution in [-0.4, -0.2) is 15.4 Å². The lowest BCUT2D eigenvalue weighted by atomic mass is 10.1. The quantitative estimate of drug-likeness (QED) is 0.647. The van der Waals surface area contributed by atoms with E-state index < -0.39 is 16.4 Å². The van der Waals surface area contributed by atoms with Crippen molar-refractivity contribution in [2.75, 3.05) is 0 Å². The first-order chi connectivity index (χ1) is 11.3. The van der Waals surface area contributed by atoms with E-state index in [4.69, 9.17) is 23.2 Å². The van der Waals surface area contributed by atoms with Crippen LogP contribution in [0.1, 0.15) is 18.5 Å². The third-order valence-corrected chi connectivity index (χ3v) is 4.05. The molecule has 1 N–H and O–H groups in total. The first kappa shape index (κ1) is 18.0. The zero-order valence-electron chi connectivity index (χ0n) is 12.5. The second kappa shape index (κ2) is 7.46. The van der Waals surface area contributed by atoms with Crippen molar-refractivity contribution in [2.24, 2.45) is 0 Å². The number of amides is 1. The van der Waals surface area contributed by atoms with Crippen LogP contribution in [0.3, 0.4) is 0 Å². The minimum atomic E-state index is -0.633. The monoisotopic (exact) mass is 369 g/mol. The van der Waals surface area contributed by atoms with Gasteiger partial charge in [0.1, 0.15) is 6.54 Å². The summed E-state index contributed by atoms with van der Waals surface area (Å²) in [5, 5.41) is 14.2. The Bertz CT molecular complexity index is 851. The molecule has 1 atom stereocenters. The fourth-order valence-electron chi connectivity index (χ4n) is 2.06. The molecule has 1 aromatic carbocycles. The van der Waals surface area contributed by atoms with Gasteiger partial charge in [0.15, 0.2) is 0 Å². The van der Waals surface area contributed by atoms with Crippen molar-refractivity contribution in [3.05, 3.63) is 72.6 Å². The average molecular weight is 370 g/mol. The number of rotatable bonds is 5. The number of nitro groups is 1. The molecule has 0 spiro atoms. The molecule has 1 heterocycles. The first-order valence-corrected chi connectivity index (χ1v) is 7.62. The fraction of sp³-hybridized carbons (Fsp3) is 0.200. The van der Waals surface area contributed by atoms with Crippen molar-refractivity contribution < 1.29 is 9.72 Å². The van der Waals surface area contributed by atoms with Crippen LogP contribution >= 0.6 is 23.2 Å². The van der Waals surface area contributed by atoms with Gasteiger partial charge in [0.05, 0.1) is 27.2 Å². The molecule has 9 heteroatoms. The Balaban J connectivity index is 2.10. The van der Waals surface area contributed by atoms with E-state index in [9.17, 15) is 19.7 Å². The van der Waals surface area contributed by atoms with Gasteiger partial charge in [-0.3, -0.25) is 24.3 Å². The molecule has 0 radical (unpaired) electrons. The molecule has 24 heavy (non-hydrogen) atoms. The summed E-state index contributed by atoms with van der Waals surface area (Å²) in [4.78, 5) is 33.9. The zero-order valence-corrected chi connectivity index (χ0v) is 14.0. The minimum Gasteiger partial charge on any atom is -0.348 e. The molecule has 0 bridgehead atoms. The molecule has 0 saturated carbocycles. The molecule has 0 aliphatic heterocycles. The summed E-state index contributed by atoms with van der Waals surface area (Å²) in [6.45, 7) is 1.42. The third-order valence-electron chi connectivity index (χ3n) is 3.31. The number of benzene rings is 1. The van der Waals surface area contributed by atoms with E-state index in [0.717, 1.165) is 28.5 Å². The Morgan fingerprint density at radius 3 is 2.62 bits per heavy atom. The molecule has 7 nitrogen and oxygen atoms in total. The van der Waals surface area contributed by atoms with E-state index >= 15 is 0 Å². The van der Waals surface area contributed by atoms with Gasteiger partial charge in [-0.1, -0.05) is 29.3 Å². The summed E-state index contributed by atoms with van der Waals surface area (Å²) < 4.78 is 0.981. The number of halogens is 2. The summed E-state index contributed by atoms with van der Waals surface area (Å²) >= 11 is 11.8. The van der Waals surface area contributed by atoms with Crippen LogP contribution in [0.15, 0.2) is 41.3 Å². The SMILES string of the molecule is CC(NC(=O)Cn1cc([N+](=O)[O-])ccc1=O)c1ccc(Cl)c(Cl)c1. The minimum absolute atomic E-state index is 0.264. The fourth-order valence-corrected chi connectivity index (χ4v) is 2.36. The van der Waals surface area contributed by atoms with Crippen LogP contribution in [0.25, 0.3) is 0 Å². The van der Waals surface area contributed by atoms with Crippen molar-refractivity contribution in [3.8, 4) is 0 Å². The zero-order chi connectivity index (χ0) is 17.9. The molecular weight excluding hydrogens is 357 g/mol. The molecule has 1 unspecified atom stereocenters. The highest BCUT2D eigenvalue weighted by Crippen LogP contribution is 2.25. The molecule has 0 fully saturated rings. The van der Waals surface area contributed by atoms with Gasteiger partial charge in [-0.15, -0.1) is 0 Å². The Labute approximate surface area is 147 Å². The normalized spacial score (nSPS) is 11.8. The maximum atomic E-state index is 12.1. The molecule has 0 aliphatic carbocycles. The predicted octanol–water partition coefficient (Wildman–Crippen LogP) is 2.94. The second-order valence-corrected chi connectivity index (χ2v) is 5.89. The Morgan fingerprint density at radius 1 is 1.29 bits per heavy atom. The lowest BCUT2D eigenvalue weighted by Crippen LogP contribution is -2.33. The number of nitrogens with one attached hydrogen (secondary N) is 1. The molecule has 126 valence electrons. The van der Waals surface area contributed by atoms with Crippen LogP contribution in [0, 0.1) is 10.1 Å². The van der Waals surface area contributed by atoms with E-state index in [1.165, 1.54) is 0 Å². The largest absolute Gasteiger partial charge is 0.348 e. The van der Waals surface area contributed by atoms with Gasteiger partial charge in [-0.05, 0) is 24.6 Å². The van der Waals surface area contributed by atoms with Crippen LogP contribution in [0.2, 0.25) is 10.0 Å². The van der Waals surface area contributed by atoms with E-state index in [-0.39, 0.29) is 18.3 Å². The van der Waals surface area contributed by atoms with Crippen molar-refractivity contribution in [3.63, 3.8) is 0 Å². The van der Waals surface area contributed by atoms with E-state index in [2.05, 4.69) is 5.32 Å². The lowest BCUT2D eigenvalue weighted by molar-refractivity contribution is -0.385. The van der Waals surface area contributed by atoms with E-state index in [1.807, 2.05) is 0 Å². The summed E-state index contributed by atoms with van der Waals surface area (Å²) in [6.07, 6.45) is 1.03. The molecule has 1 amide bonds. The van der Waals surface area contributed by atoms with Gasteiger partial charge in [0.2, 0.25) is 5.91 Å². The highest BCUT2D eigenvalue weighted by molar-refractivity contribution is 6.42.